The van der Waals surface area contributed by atoms with Crippen LogP contribution in [0.15, 0.2) is 27.6 Å². The van der Waals surface area contributed by atoms with Gasteiger partial charge in [-0.2, -0.15) is 0 Å². The Labute approximate surface area is 95.1 Å². The van der Waals surface area contributed by atoms with Gasteiger partial charge in [0.25, 0.3) is 0 Å². The van der Waals surface area contributed by atoms with Gasteiger partial charge in [-0.15, -0.1) is 11.8 Å². The minimum absolute atomic E-state index is 0.237. The van der Waals surface area contributed by atoms with Crippen molar-refractivity contribution in [2.75, 3.05) is 18.6 Å². The van der Waals surface area contributed by atoms with Gasteiger partial charge in [0, 0.05) is 15.1 Å². The minimum Gasteiger partial charge on any atom is -0.468 e. The number of halogens is 1. The summed E-state index contributed by atoms with van der Waals surface area (Å²) in [6.07, 6.45) is 0. The fourth-order valence-corrected chi connectivity index (χ4v) is 2.32. The Balaban J connectivity index is 2.63. The van der Waals surface area contributed by atoms with Crippen LogP contribution in [0.5, 0.6) is 0 Å². The number of rotatable bonds is 3. The molecular weight excluding hydrogens is 266 g/mol. The molecule has 76 valence electrons. The van der Waals surface area contributed by atoms with E-state index in [0.29, 0.717) is 11.4 Å². The van der Waals surface area contributed by atoms with E-state index >= 15 is 0 Å². The zero-order valence-electron chi connectivity index (χ0n) is 7.62. The van der Waals surface area contributed by atoms with E-state index in [4.69, 9.17) is 5.73 Å². The molecule has 1 rings (SSSR count). The number of hydrogen-bond donors (Lipinski definition) is 1. The maximum atomic E-state index is 10.9. The second kappa shape index (κ2) is 5.26. The number of ether oxygens (including phenoxy) is 1. The van der Waals surface area contributed by atoms with Gasteiger partial charge in [-0.25, -0.2) is 0 Å². The Kier molecular flexibility index (Phi) is 4.28. The van der Waals surface area contributed by atoms with Crippen molar-refractivity contribution in [1.29, 1.82) is 0 Å². The van der Waals surface area contributed by atoms with E-state index in [1.54, 1.807) is 12.1 Å². The lowest BCUT2D eigenvalue weighted by Crippen LogP contribution is -2.02. The summed E-state index contributed by atoms with van der Waals surface area (Å²) in [6, 6.07) is 5.47. The van der Waals surface area contributed by atoms with Crippen molar-refractivity contribution in [3.8, 4) is 0 Å². The molecule has 0 atom stereocenters. The molecule has 0 radical (unpaired) electrons. The average molecular weight is 276 g/mol. The van der Waals surface area contributed by atoms with Gasteiger partial charge >= 0.3 is 5.97 Å². The molecule has 0 aliphatic heterocycles. The predicted octanol–water partition coefficient (Wildman–Crippen LogP) is 2.30. The lowest BCUT2D eigenvalue weighted by atomic mass is 10.3. The smallest absolute Gasteiger partial charge is 0.315 e. The van der Waals surface area contributed by atoms with Crippen LogP contribution < -0.4 is 5.73 Å². The number of nitrogens with two attached hydrogens (primary N) is 1. The van der Waals surface area contributed by atoms with Gasteiger partial charge in [0.1, 0.15) is 0 Å². The molecule has 14 heavy (non-hydrogen) atoms. The third-order valence-corrected chi connectivity index (χ3v) is 3.49. The number of anilines is 1. The second-order valence-electron chi connectivity index (χ2n) is 2.55. The van der Waals surface area contributed by atoms with E-state index in [2.05, 4.69) is 20.7 Å². The van der Waals surface area contributed by atoms with Crippen molar-refractivity contribution < 1.29 is 9.53 Å². The number of nitrogen functional groups attached to an aromatic ring is 1. The highest BCUT2D eigenvalue weighted by Crippen LogP contribution is 2.29. The molecule has 0 amide bonds. The Bertz CT molecular complexity index is 344. The average Bonchev–Trinajstić information content (AvgIpc) is 2.16. The van der Waals surface area contributed by atoms with Crippen LogP contribution in [0, 0.1) is 0 Å². The number of carbonyl (C=O) groups excluding carboxylic acids is 1. The van der Waals surface area contributed by atoms with Crippen molar-refractivity contribution in [2.45, 2.75) is 4.90 Å². The van der Waals surface area contributed by atoms with Crippen molar-refractivity contribution in [2.24, 2.45) is 0 Å². The molecule has 0 bridgehead atoms. The SMILES string of the molecule is COC(=O)CSc1ccc(N)cc1Br. The number of thioether (sulfide) groups is 1. The van der Waals surface area contributed by atoms with Crippen molar-refractivity contribution in [1.82, 2.24) is 0 Å². The van der Waals surface area contributed by atoms with Gasteiger partial charge in [0.05, 0.1) is 12.9 Å². The van der Waals surface area contributed by atoms with Gasteiger partial charge in [-0.05, 0) is 34.1 Å². The number of benzene rings is 1. The number of esters is 1. The van der Waals surface area contributed by atoms with Crippen LogP contribution in [0.3, 0.4) is 0 Å². The Hall–Kier alpha value is -0.680. The Morgan fingerprint density at radius 1 is 1.64 bits per heavy atom. The third kappa shape index (κ3) is 3.23. The molecule has 0 heterocycles. The van der Waals surface area contributed by atoms with Crippen molar-refractivity contribution >= 4 is 39.3 Å². The first-order chi connectivity index (χ1) is 6.63. The van der Waals surface area contributed by atoms with Crippen LogP contribution in [-0.2, 0) is 9.53 Å². The summed E-state index contributed by atoms with van der Waals surface area (Å²) in [5.41, 5.74) is 6.27. The molecule has 0 unspecified atom stereocenters. The van der Waals surface area contributed by atoms with E-state index in [9.17, 15) is 4.79 Å². The molecule has 0 aliphatic rings. The number of carbonyl (C=O) groups is 1. The maximum Gasteiger partial charge on any atom is 0.315 e. The van der Waals surface area contributed by atoms with Crippen LogP contribution in [0.4, 0.5) is 5.69 Å². The Morgan fingerprint density at radius 2 is 2.36 bits per heavy atom. The first-order valence-electron chi connectivity index (χ1n) is 3.88. The lowest BCUT2D eigenvalue weighted by molar-refractivity contribution is -0.137. The molecular formula is C9H10BrNO2S. The molecule has 0 saturated heterocycles. The van der Waals surface area contributed by atoms with E-state index in [-0.39, 0.29) is 5.97 Å². The normalized spacial score (nSPS) is 9.86. The van der Waals surface area contributed by atoms with Crippen LogP contribution >= 0.6 is 27.7 Å². The van der Waals surface area contributed by atoms with E-state index < -0.39 is 0 Å². The topological polar surface area (TPSA) is 52.3 Å². The monoisotopic (exact) mass is 275 g/mol. The summed E-state index contributed by atoms with van der Waals surface area (Å²) in [5.74, 6) is 0.0673. The van der Waals surface area contributed by atoms with Gasteiger partial charge in [0.2, 0.25) is 0 Å². The molecule has 1 aromatic rings. The van der Waals surface area contributed by atoms with Gasteiger partial charge in [-0.1, -0.05) is 0 Å². The third-order valence-electron chi connectivity index (χ3n) is 1.53. The molecule has 3 nitrogen and oxygen atoms in total. The van der Waals surface area contributed by atoms with Crippen LogP contribution in [0.25, 0.3) is 0 Å². The lowest BCUT2D eigenvalue weighted by Gasteiger charge is -2.03. The summed E-state index contributed by atoms with van der Waals surface area (Å²) < 4.78 is 5.43. The highest BCUT2D eigenvalue weighted by molar-refractivity contribution is 9.10. The summed E-state index contributed by atoms with van der Waals surface area (Å²) in [4.78, 5) is 11.9. The van der Waals surface area contributed by atoms with Crippen molar-refractivity contribution in [3.05, 3.63) is 22.7 Å². The van der Waals surface area contributed by atoms with E-state index in [1.165, 1.54) is 18.9 Å². The van der Waals surface area contributed by atoms with Gasteiger partial charge in [0.15, 0.2) is 0 Å². The van der Waals surface area contributed by atoms with E-state index in [1.807, 2.05) is 6.07 Å². The molecule has 1 aromatic carbocycles. The van der Waals surface area contributed by atoms with Crippen LogP contribution in [0.1, 0.15) is 0 Å². The number of hydrogen-bond acceptors (Lipinski definition) is 4. The summed E-state index contributed by atoms with van der Waals surface area (Å²) in [7, 11) is 1.38. The molecule has 2 N–H and O–H groups in total. The first-order valence-corrected chi connectivity index (χ1v) is 5.66. The summed E-state index contributed by atoms with van der Waals surface area (Å²) >= 11 is 4.78. The van der Waals surface area contributed by atoms with Crippen LogP contribution in [-0.4, -0.2) is 18.8 Å². The molecule has 0 spiro atoms. The van der Waals surface area contributed by atoms with Crippen molar-refractivity contribution in [3.63, 3.8) is 0 Å². The molecule has 0 fully saturated rings. The summed E-state index contributed by atoms with van der Waals surface area (Å²) in [5, 5.41) is 0. The molecule has 0 aromatic heterocycles. The fourth-order valence-electron chi connectivity index (χ4n) is 0.830. The zero-order chi connectivity index (χ0) is 10.6. The standard InChI is InChI=1S/C9H10BrNO2S/c1-13-9(12)5-14-8-3-2-6(11)4-7(8)10/h2-4H,5,11H2,1H3. The number of methoxy groups -OCH3 is 1. The Morgan fingerprint density at radius 3 is 2.93 bits per heavy atom. The second-order valence-corrected chi connectivity index (χ2v) is 4.43. The highest BCUT2D eigenvalue weighted by Gasteiger charge is 2.05. The first kappa shape index (κ1) is 11.4. The largest absolute Gasteiger partial charge is 0.468 e. The van der Waals surface area contributed by atoms with Gasteiger partial charge < -0.3 is 10.5 Å². The highest BCUT2D eigenvalue weighted by atomic mass is 79.9. The zero-order valence-corrected chi connectivity index (χ0v) is 10.0. The van der Waals surface area contributed by atoms with Gasteiger partial charge in [-0.3, -0.25) is 4.79 Å². The molecule has 0 saturated carbocycles. The van der Waals surface area contributed by atoms with E-state index in [0.717, 1.165) is 9.37 Å². The quantitative estimate of drug-likeness (QED) is 0.523. The predicted molar refractivity (Wildman–Crippen MR) is 61.3 cm³/mol. The fraction of sp³-hybridized carbons (Fsp3) is 0.222. The minimum atomic E-state index is -0.237. The molecule has 0 aliphatic carbocycles. The molecule has 5 heteroatoms. The summed E-state index contributed by atoms with van der Waals surface area (Å²) in [6.45, 7) is 0. The van der Waals surface area contributed by atoms with Crippen LogP contribution in [0.2, 0.25) is 0 Å². The maximum absolute atomic E-state index is 10.9.